The van der Waals surface area contributed by atoms with Gasteiger partial charge in [-0.25, -0.2) is 9.36 Å². The van der Waals surface area contributed by atoms with Gasteiger partial charge in [-0.2, -0.15) is 0 Å². The molecule has 0 saturated heterocycles. The Bertz CT molecular complexity index is 865. The van der Waals surface area contributed by atoms with Crippen molar-refractivity contribution < 1.29 is 23.7 Å². The molecular weight excluding hydrogens is 391 g/mol. The summed E-state index contributed by atoms with van der Waals surface area (Å²) in [6, 6.07) is 12.2. The number of carbonyl (C=O) groups is 1. The third-order valence-corrected chi connectivity index (χ3v) is 5.46. The molecule has 0 spiro atoms. The van der Waals surface area contributed by atoms with E-state index < -0.39 is 25.5 Å². The van der Waals surface area contributed by atoms with Gasteiger partial charge in [0.05, 0.1) is 11.6 Å². The maximum absolute atomic E-state index is 12.5. The third-order valence-electron chi connectivity index (χ3n) is 4.75. The molecule has 0 aliphatic rings. The first-order valence-electron chi connectivity index (χ1n) is 9.92. The van der Waals surface area contributed by atoms with Crippen LogP contribution in [0, 0.1) is 0 Å². The van der Waals surface area contributed by atoms with Gasteiger partial charge >= 0.3 is 13.9 Å². The quantitative estimate of drug-likeness (QED) is 0.329. The molecule has 2 amide bonds. The van der Waals surface area contributed by atoms with Crippen LogP contribution in [0.15, 0.2) is 42.5 Å². The minimum Gasteiger partial charge on any atom is -0.338 e. The number of phosphoric acid groups is 1. The summed E-state index contributed by atoms with van der Waals surface area (Å²) in [5, 5.41) is 7.64. The van der Waals surface area contributed by atoms with E-state index in [0.29, 0.717) is 12.1 Å². The van der Waals surface area contributed by atoms with Crippen LogP contribution in [-0.4, -0.2) is 28.0 Å². The lowest BCUT2D eigenvalue weighted by molar-refractivity contribution is 0.0339. The van der Waals surface area contributed by atoms with E-state index in [4.69, 9.17) is 4.52 Å². The molecule has 0 fully saturated rings. The lowest BCUT2D eigenvalue weighted by Crippen LogP contribution is -2.47. The van der Waals surface area contributed by atoms with Crippen molar-refractivity contribution in [1.82, 2.24) is 10.6 Å². The first-order chi connectivity index (χ1) is 13.6. The van der Waals surface area contributed by atoms with E-state index in [9.17, 15) is 19.1 Å². The molecule has 0 aliphatic carbocycles. The van der Waals surface area contributed by atoms with Crippen LogP contribution in [0.5, 0.6) is 0 Å². The molecular formula is C21H31N2O5P. The first kappa shape index (κ1) is 23.4. The zero-order valence-electron chi connectivity index (χ0n) is 17.2. The van der Waals surface area contributed by atoms with Gasteiger partial charge < -0.3 is 20.4 Å². The van der Waals surface area contributed by atoms with E-state index in [0.717, 1.165) is 36.5 Å². The maximum Gasteiger partial charge on any atom is 0.470 e. The summed E-state index contributed by atoms with van der Waals surface area (Å²) >= 11 is 0. The minimum atomic E-state index is -4.76. The fraction of sp³-hybridized carbons (Fsp3) is 0.476. The lowest BCUT2D eigenvalue weighted by atomic mass is 9.90. The molecule has 1 unspecified atom stereocenters. The average Bonchev–Trinajstić information content (AvgIpc) is 2.63. The minimum absolute atomic E-state index is 0.401. The Hall–Kier alpha value is -1.92. The Morgan fingerprint density at radius 3 is 2.45 bits per heavy atom. The number of nitrogens with one attached hydrogen (secondary N) is 2. The average molecular weight is 422 g/mol. The summed E-state index contributed by atoms with van der Waals surface area (Å²) in [7, 11) is -4.76. The normalized spacial score (nSPS) is 13.3. The molecule has 0 heterocycles. The third kappa shape index (κ3) is 7.44. The molecule has 0 aliphatic heterocycles. The van der Waals surface area contributed by atoms with Crippen molar-refractivity contribution in [2.24, 2.45) is 0 Å². The van der Waals surface area contributed by atoms with Crippen LogP contribution in [-0.2, 0) is 9.09 Å². The summed E-state index contributed by atoms with van der Waals surface area (Å²) in [6.07, 6.45) is 4.15. The molecule has 160 valence electrons. The van der Waals surface area contributed by atoms with Gasteiger partial charge in [0.25, 0.3) is 0 Å². The molecule has 0 bridgehead atoms. The standard InChI is InChI=1S/C21H31N2O5P/c1-4-5-6-9-14-22-20(24)23-19(21(2,3)28-29(25,26)27)18-13-12-16-10-7-8-11-17(16)15-18/h7-8,10-13,15,19H,4-6,9,14H2,1-3H3,(H2,22,23,24)(H2,25,26,27). The number of hydrogen-bond donors (Lipinski definition) is 4. The zero-order valence-corrected chi connectivity index (χ0v) is 18.1. The number of rotatable bonds is 10. The van der Waals surface area contributed by atoms with Crippen molar-refractivity contribution in [3.63, 3.8) is 0 Å². The predicted octanol–water partition coefficient (Wildman–Crippen LogP) is 4.65. The maximum atomic E-state index is 12.5. The fourth-order valence-electron chi connectivity index (χ4n) is 3.34. The Labute approximate surface area is 172 Å². The molecule has 2 aromatic rings. The molecule has 2 rings (SSSR count). The van der Waals surface area contributed by atoms with Gasteiger partial charge in [-0.15, -0.1) is 0 Å². The molecule has 8 heteroatoms. The first-order valence-corrected chi connectivity index (χ1v) is 11.4. The van der Waals surface area contributed by atoms with Gasteiger partial charge in [0.2, 0.25) is 0 Å². The van der Waals surface area contributed by atoms with Crippen LogP contribution in [0.3, 0.4) is 0 Å². The summed E-state index contributed by atoms with van der Waals surface area (Å²) in [5.74, 6) is 0. The fourth-order valence-corrected chi connectivity index (χ4v) is 4.06. The monoisotopic (exact) mass is 422 g/mol. The number of phosphoric ester groups is 1. The Morgan fingerprint density at radius 1 is 1.10 bits per heavy atom. The van der Waals surface area contributed by atoms with Crippen molar-refractivity contribution in [2.75, 3.05) is 6.54 Å². The van der Waals surface area contributed by atoms with E-state index in [-0.39, 0.29) is 0 Å². The number of hydrogen-bond acceptors (Lipinski definition) is 3. The molecule has 7 nitrogen and oxygen atoms in total. The van der Waals surface area contributed by atoms with E-state index >= 15 is 0 Å². The molecule has 0 radical (unpaired) electrons. The van der Waals surface area contributed by atoms with Crippen molar-refractivity contribution in [3.05, 3.63) is 48.0 Å². The number of carbonyl (C=O) groups excluding carboxylic acids is 1. The van der Waals surface area contributed by atoms with Gasteiger partial charge in [0, 0.05) is 6.54 Å². The molecule has 0 saturated carbocycles. The second-order valence-corrected chi connectivity index (χ2v) is 8.85. The van der Waals surface area contributed by atoms with E-state index in [2.05, 4.69) is 17.6 Å². The summed E-state index contributed by atoms with van der Waals surface area (Å²) in [5.41, 5.74) is -0.649. The Balaban J connectivity index is 2.23. The second-order valence-electron chi connectivity index (χ2n) is 7.69. The van der Waals surface area contributed by atoms with Gasteiger partial charge in [0.15, 0.2) is 0 Å². The molecule has 29 heavy (non-hydrogen) atoms. The lowest BCUT2D eigenvalue weighted by Gasteiger charge is -2.35. The summed E-state index contributed by atoms with van der Waals surface area (Å²) in [4.78, 5) is 31.1. The molecule has 2 aromatic carbocycles. The van der Waals surface area contributed by atoms with Gasteiger partial charge in [-0.05, 0) is 42.7 Å². The van der Waals surface area contributed by atoms with Crippen LogP contribution in [0.25, 0.3) is 10.8 Å². The second kappa shape index (κ2) is 10.2. The largest absolute Gasteiger partial charge is 0.470 e. The van der Waals surface area contributed by atoms with Crippen LogP contribution in [0.1, 0.15) is 58.1 Å². The number of unbranched alkanes of at least 4 members (excludes halogenated alkanes) is 3. The van der Waals surface area contributed by atoms with Crippen molar-refractivity contribution in [1.29, 1.82) is 0 Å². The highest BCUT2D eigenvalue weighted by atomic mass is 31.2. The Kier molecular flexibility index (Phi) is 8.23. The molecule has 0 aromatic heterocycles. The highest BCUT2D eigenvalue weighted by Gasteiger charge is 2.38. The van der Waals surface area contributed by atoms with E-state index in [1.165, 1.54) is 0 Å². The van der Waals surface area contributed by atoms with Crippen molar-refractivity contribution in [3.8, 4) is 0 Å². The van der Waals surface area contributed by atoms with E-state index in [1.54, 1.807) is 13.8 Å². The number of fused-ring (bicyclic) bond motifs is 1. The highest BCUT2D eigenvalue weighted by Crippen LogP contribution is 2.45. The predicted molar refractivity (Wildman–Crippen MR) is 115 cm³/mol. The summed E-state index contributed by atoms with van der Waals surface area (Å²) in [6.45, 7) is 5.76. The topological polar surface area (TPSA) is 108 Å². The Morgan fingerprint density at radius 2 is 1.79 bits per heavy atom. The van der Waals surface area contributed by atoms with Crippen molar-refractivity contribution >= 4 is 24.6 Å². The zero-order chi connectivity index (χ0) is 21.5. The number of urea groups is 1. The van der Waals surface area contributed by atoms with Gasteiger partial charge in [-0.3, -0.25) is 4.52 Å². The number of amides is 2. The number of benzene rings is 2. The summed E-state index contributed by atoms with van der Waals surface area (Å²) < 4.78 is 16.5. The van der Waals surface area contributed by atoms with Gasteiger partial charge in [0.1, 0.15) is 0 Å². The van der Waals surface area contributed by atoms with Crippen LogP contribution in [0.4, 0.5) is 4.79 Å². The molecule has 1 atom stereocenters. The van der Waals surface area contributed by atoms with Crippen molar-refractivity contribution in [2.45, 2.75) is 58.1 Å². The highest BCUT2D eigenvalue weighted by molar-refractivity contribution is 7.46. The van der Waals surface area contributed by atoms with E-state index in [1.807, 2.05) is 42.5 Å². The smallest absolute Gasteiger partial charge is 0.338 e. The molecule has 4 N–H and O–H groups in total. The van der Waals surface area contributed by atoms with Crippen LogP contribution in [0.2, 0.25) is 0 Å². The van der Waals surface area contributed by atoms with Crippen LogP contribution >= 0.6 is 7.82 Å². The SMILES string of the molecule is CCCCCCNC(=O)NC(c1ccc2ccccc2c1)C(C)(C)OP(=O)(O)O. The van der Waals surface area contributed by atoms with Crippen LogP contribution < -0.4 is 10.6 Å². The van der Waals surface area contributed by atoms with Gasteiger partial charge in [-0.1, -0.05) is 62.6 Å².